The van der Waals surface area contributed by atoms with E-state index in [-0.39, 0.29) is 0 Å². The van der Waals surface area contributed by atoms with Crippen molar-refractivity contribution < 1.29 is 4.42 Å². The lowest BCUT2D eigenvalue weighted by atomic mass is 9.77. The molecule has 1 aromatic heterocycles. The van der Waals surface area contributed by atoms with E-state index in [1.807, 2.05) is 12.1 Å². The van der Waals surface area contributed by atoms with Crippen molar-refractivity contribution >= 4 is 60.5 Å². The van der Waals surface area contributed by atoms with Crippen LogP contribution in [0.2, 0.25) is 0 Å². The van der Waals surface area contributed by atoms with Crippen molar-refractivity contribution in [2.24, 2.45) is 0 Å². The molecular weight excluding hydrogens is 631 g/mol. The van der Waals surface area contributed by atoms with E-state index in [4.69, 9.17) is 4.42 Å². The van der Waals surface area contributed by atoms with Gasteiger partial charge in [-0.2, -0.15) is 0 Å². The Bertz CT molecular complexity index is 2990. The highest BCUT2D eigenvalue weighted by Crippen LogP contribution is 2.51. The van der Waals surface area contributed by atoms with E-state index < -0.39 is 0 Å². The molecule has 1 aliphatic carbocycles. The van der Waals surface area contributed by atoms with E-state index in [1.165, 1.54) is 66.1 Å². The molecule has 0 fully saturated rings. The number of fused-ring (bicyclic) bond motifs is 9. The second kappa shape index (κ2) is 11.3. The molecule has 1 heterocycles. The average Bonchev–Trinajstić information content (AvgIpc) is 3.58. The first kappa shape index (κ1) is 28.9. The van der Waals surface area contributed by atoms with Gasteiger partial charge in [-0.05, 0) is 139 Å². The van der Waals surface area contributed by atoms with E-state index in [1.54, 1.807) is 0 Å². The lowest BCUT2D eigenvalue weighted by Crippen LogP contribution is -2.10. The van der Waals surface area contributed by atoms with Crippen molar-refractivity contribution in [3.63, 3.8) is 0 Å². The molecule has 0 spiro atoms. The quantitative estimate of drug-likeness (QED) is 0.182. The Hall–Kier alpha value is -6.90. The maximum Gasteiger partial charge on any atom is 0.137 e. The van der Waals surface area contributed by atoms with Crippen molar-refractivity contribution in [2.45, 2.75) is 0 Å². The van der Waals surface area contributed by atoms with Crippen molar-refractivity contribution in [3.05, 3.63) is 188 Å². The molecule has 9 aromatic carbocycles. The molecule has 11 rings (SSSR count). The van der Waals surface area contributed by atoms with Crippen LogP contribution in [-0.4, -0.2) is 0 Å². The van der Waals surface area contributed by atoms with Crippen LogP contribution in [0.15, 0.2) is 192 Å². The first-order chi connectivity index (χ1) is 25.7. The summed E-state index contributed by atoms with van der Waals surface area (Å²) in [5.74, 6) is 0. The molecule has 10 aromatic rings. The fourth-order valence-electron chi connectivity index (χ4n) is 8.10. The zero-order chi connectivity index (χ0) is 34.2. The summed E-state index contributed by atoms with van der Waals surface area (Å²) in [7, 11) is 0. The molecule has 1 aliphatic rings. The third-order valence-corrected chi connectivity index (χ3v) is 10.7. The van der Waals surface area contributed by atoms with Crippen molar-refractivity contribution in [1.29, 1.82) is 0 Å². The maximum atomic E-state index is 6.36. The lowest BCUT2D eigenvalue weighted by molar-refractivity contribution is 0.669. The summed E-state index contributed by atoms with van der Waals surface area (Å²) >= 11 is 0. The zero-order valence-corrected chi connectivity index (χ0v) is 28.3. The summed E-state index contributed by atoms with van der Waals surface area (Å²) in [6.45, 7) is 0. The normalized spacial score (nSPS) is 11.8. The summed E-state index contributed by atoms with van der Waals surface area (Å²) in [5.41, 5.74) is 15.2. The number of hydrogen-bond donors (Lipinski definition) is 0. The lowest BCUT2D eigenvalue weighted by Gasteiger charge is -2.28. The second-order valence-corrected chi connectivity index (χ2v) is 13.8. The Balaban J connectivity index is 1.02. The Kier molecular flexibility index (Phi) is 6.28. The van der Waals surface area contributed by atoms with Crippen LogP contribution in [0.5, 0.6) is 0 Å². The van der Waals surface area contributed by atoms with Gasteiger partial charge >= 0.3 is 0 Å². The summed E-state index contributed by atoms with van der Waals surface area (Å²) < 4.78 is 6.36. The zero-order valence-electron chi connectivity index (χ0n) is 28.3. The fraction of sp³-hybridized carbons (Fsp3) is 0. The van der Waals surface area contributed by atoms with Crippen LogP contribution in [0.3, 0.4) is 0 Å². The number of para-hydroxylation sites is 1. The highest BCUT2D eigenvalue weighted by molar-refractivity contribution is 6.13. The Morgan fingerprint density at radius 3 is 1.48 bits per heavy atom. The van der Waals surface area contributed by atoms with Crippen LogP contribution in [0.1, 0.15) is 0 Å². The van der Waals surface area contributed by atoms with Gasteiger partial charge in [-0.1, -0.05) is 109 Å². The van der Waals surface area contributed by atoms with Gasteiger partial charge in [0.2, 0.25) is 0 Å². The molecule has 0 atom stereocenters. The summed E-state index contributed by atoms with van der Waals surface area (Å²) in [6.07, 6.45) is 0. The van der Waals surface area contributed by atoms with Crippen LogP contribution in [0.4, 0.5) is 17.1 Å². The molecule has 0 N–H and O–H groups in total. The maximum absolute atomic E-state index is 6.36. The van der Waals surface area contributed by atoms with Gasteiger partial charge in [-0.25, -0.2) is 0 Å². The first-order valence-electron chi connectivity index (χ1n) is 17.8. The number of hydrogen-bond acceptors (Lipinski definition) is 2. The molecule has 2 nitrogen and oxygen atoms in total. The van der Waals surface area contributed by atoms with Crippen LogP contribution in [0, 0.1) is 0 Å². The van der Waals surface area contributed by atoms with Gasteiger partial charge in [0.1, 0.15) is 11.2 Å². The summed E-state index contributed by atoms with van der Waals surface area (Å²) in [4.78, 5) is 2.34. The minimum absolute atomic E-state index is 0.881. The van der Waals surface area contributed by atoms with Gasteiger partial charge in [0.05, 0.1) is 0 Å². The molecule has 0 radical (unpaired) electrons. The molecule has 0 saturated heterocycles. The van der Waals surface area contributed by atoms with Gasteiger partial charge in [-0.15, -0.1) is 0 Å². The van der Waals surface area contributed by atoms with Gasteiger partial charge in [-0.3, -0.25) is 0 Å². The first-order valence-corrected chi connectivity index (χ1v) is 17.8. The van der Waals surface area contributed by atoms with Crippen molar-refractivity contribution in [1.82, 2.24) is 0 Å². The molecule has 2 heteroatoms. The summed E-state index contributed by atoms with van der Waals surface area (Å²) in [5, 5.41) is 7.26. The van der Waals surface area contributed by atoms with E-state index in [2.05, 4.69) is 181 Å². The minimum atomic E-state index is 0.881. The average molecular weight is 662 g/mol. The van der Waals surface area contributed by atoms with Gasteiger partial charge in [0.15, 0.2) is 0 Å². The highest BCUT2D eigenvalue weighted by atomic mass is 16.3. The molecule has 0 saturated carbocycles. The van der Waals surface area contributed by atoms with Crippen molar-refractivity contribution in [3.8, 4) is 44.5 Å². The standard InChI is InChI=1S/C50H31NO/c1-3-9-32(10-4-1)34-17-20-40(21-18-34)51(42-23-24-44-43-13-7-8-14-49(43)52-50(44)31-42)41-22-19-37-28-46-47-29-38-25-35(33-11-5-2-6-12-33)15-16-36(38)27-45(47)48(46)30-39(37)26-41/h1-31H. The Morgan fingerprint density at radius 1 is 0.288 bits per heavy atom. The molecule has 52 heavy (non-hydrogen) atoms. The molecule has 0 aliphatic heterocycles. The van der Waals surface area contributed by atoms with E-state index in [0.29, 0.717) is 0 Å². The molecular formula is C50H31NO. The van der Waals surface area contributed by atoms with Crippen LogP contribution >= 0.6 is 0 Å². The monoisotopic (exact) mass is 661 g/mol. The molecule has 0 unspecified atom stereocenters. The van der Waals surface area contributed by atoms with Gasteiger partial charge in [0, 0.05) is 33.9 Å². The molecule has 0 amide bonds. The predicted molar refractivity (Wildman–Crippen MR) is 219 cm³/mol. The third-order valence-electron chi connectivity index (χ3n) is 10.7. The second-order valence-electron chi connectivity index (χ2n) is 13.8. The van der Waals surface area contributed by atoms with Crippen LogP contribution in [0.25, 0.3) is 88.0 Å². The highest BCUT2D eigenvalue weighted by Gasteiger charge is 2.24. The molecule has 0 bridgehead atoms. The fourth-order valence-corrected chi connectivity index (χ4v) is 8.10. The number of rotatable bonds is 5. The van der Waals surface area contributed by atoms with Crippen LogP contribution in [-0.2, 0) is 0 Å². The summed E-state index contributed by atoms with van der Waals surface area (Å²) in [6, 6.07) is 68.0. The number of nitrogens with zero attached hydrogens (tertiary/aromatic N) is 1. The predicted octanol–water partition coefficient (Wildman–Crippen LogP) is 14.3. The third kappa shape index (κ3) is 4.58. The largest absolute Gasteiger partial charge is 0.456 e. The minimum Gasteiger partial charge on any atom is -0.456 e. The van der Waals surface area contributed by atoms with Crippen LogP contribution < -0.4 is 4.90 Å². The van der Waals surface area contributed by atoms with E-state index >= 15 is 0 Å². The SMILES string of the molecule is c1ccc(-c2ccc(N(c3ccc4cc5c(cc4c3)-c3cc4ccc(-c6ccccc6)cc4cc3-5)c3ccc4c(c3)oc3ccccc34)cc2)cc1. The number of benzene rings is 9. The topological polar surface area (TPSA) is 16.4 Å². The number of furan rings is 1. The Labute approximate surface area is 301 Å². The number of anilines is 3. The smallest absolute Gasteiger partial charge is 0.137 e. The molecule has 242 valence electrons. The van der Waals surface area contributed by atoms with E-state index in [9.17, 15) is 0 Å². The Morgan fingerprint density at radius 2 is 0.769 bits per heavy atom. The van der Waals surface area contributed by atoms with Crippen molar-refractivity contribution in [2.75, 3.05) is 4.90 Å². The van der Waals surface area contributed by atoms with Gasteiger partial charge in [0.25, 0.3) is 0 Å². The van der Waals surface area contributed by atoms with E-state index in [0.717, 1.165) is 39.0 Å². The van der Waals surface area contributed by atoms with Gasteiger partial charge < -0.3 is 9.32 Å².